The van der Waals surface area contributed by atoms with Crippen molar-refractivity contribution in [3.63, 3.8) is 0 Å². The number of anilines is 1. The summed E-state index contributed by atoms with van der Waals surface area (Å²) in [5.41, 5.74) is 3.88. The van der Waals surface area contributed by atoms with E-state index >= 15 is 0 Å². The second-order valence-corrected chi connectivity index (χ2v) is 5.10. The van der Waals surface area contributed by atoms with Crippen molar-refractivity contribution in [1.82, 2.24) is 0 Å². The molecule has 6 heteroatoms. The summed E-state index contributed by atoms with van der Waals surface area (Å²) in [4.78, 5) is 11.2. The molecule has 0 unspecified atom stereocenters. The first-order valence-electron chi connectivity index (χ1n) is 6.16. The maximum atomic E-state index is 12.4. The summed E-state index contributed by atoms with van der Waals surface area (Å²) in [7, 11) is 0. The molecule has 0 saturated heterocycles. The lowest BCUT2D eigenvalue weighted by Gasteiger charge is -2.16. The molecule has 0 atom stereocenters. The molecule has 2 aromatic rings. The molecule has 1 amide bonds. The van der Waals surface area contributed by atoms with Crippen LogP contribution in [0.1, 0.15) is 11.1 Å². The molecule has 0 aliphatic heterocycles. The number of amides is 1. The van der Waals surface area contributed by atoms with Gasteiger partial charge in [-0.2, -0.15) is 13.2 Å². The van der Waals surface area contributed by atoms with E-state index in [-0.39, 0.29) is 10.1 Å². The molecule has 0 aromatic heterocycles. The molecule has 0 fully saturated rings. The maximum Gasteiger partial charge on any atom is 0.473 e. The number of fused-ring (bicyclic) bond motifs is 3. The molecule has 0 saturated carbocycles. The van der Waals surface area contributed by atoms with Gasteiger partial charge in [0.2, 0.25) is 0 Å². The fourth-order valence-electron chi connectivity index (χ4n) is 2.46. The maximum absolute atomic E-state index is 12.4. The Morgan fingerprint density at radius 1 is 1.05 bits per heavy atom. The predicted molar refractivity (Wildman–Crippen MR) is 74.1 cm³/mol. The molecule has 108 valence electrons. The lowest BCUT2D eigenvalue weighted by atomic mass is 10.1. The van der Waals surface area contributed by atoms with Crippen LogP contribution in [0.5, 0.6) is 0 Å². The molecular formula is C15H9ClF3NO. The van der Waals surface area contributed by atoms with Gasteiger partial charge in [0, 0.05) is 11.8 Å². The fourth-order valence-corrected chi connectivity index (χ4v) is 2.66. The first kappa shape index (κ1) is 13.9. The van der Waals surface area contributed by atoms with Crippen LogP contribution in [0.15, 0.2) is 42.5 Å². The highest BCUT2D eigenvalue weighted by Crippen LogP contribution is 2.39. The molecule has 2 aromatic carbocycles. The van der Waals surface area contributed by atoms with Gasteiger partial charge in [0.1, 0.15) is 0 Å². The number of rotatable bonds is 1. The van der Waals surface area contributed by atoms with E-state index in [2.05, 4.69) is 0 Å². The second-order valence-electron chi connectivity index (χ2n) is 4.76. The van der Waals surface area contributed by atoms with Gasteiger partial charge in [-0.25, -0.2) is 4.42 Å². The van der Waals surface area contributed by atoms with Crippen LogP contribution in [0, 0.1) is 0 Å². The smallest absolute Gasteiger partial charge is 0.263 e. The van der Waals surface area contributed by atoms with E-state index in [0.29, 0.717) is 0 Å². The first-order chi connectivity index (χ1) is 9.88. The average molecular weight is 312 g/mol. The van der Waals surface area contributed by atoms with Gasteiger partial charge in [-0.05, 0) is 40.8 Å². The van der Waals surface area contributed by atoms with E-state index in [1.165, 1.54) is 12.1 Å². The van der Waals surface area contributed by atoms with Gasteiger partial charge in [-0.15, -0.1) is 0 Å². The Labute approximate surface area is 123 Å². The Hall–Kier alpha value is -2.01. The molecule has 3 rings (SSSR count). The summed E-state index contributed by atoms with van der Waals surface area (Å²) in [5.74, 6) is -2.10. The van der Waals surface area contributed by atoms with Crippen molar-refractivity contribution in [1.29, 1.82) is 0 Å². The SMILES string of the molecule is O=C(N(Cl)c1ccc2c(c1)-c1ccccc1C2)C(F)(F)F. The number of nitrogens with zero attached hydrogens (tertiary/aromatic N) is 1. The van der Waals surface area contributed by atoms with Crippen LogP contribution in [0.4, 0.5) is 18.9 Å². The summed E-state index contributed by atoms with van der Waals surface area (Å²) < 4.78 is 37.4. The number of carbonyl (C=O) groups is 1. The third-order valence-electron chi connectivity index (χ3n) is 3.43. The van der Waals surface area contributed by atoms with Crippen molar-refractivity contribution in [3.05, 3.63) is 53.6 Å². The Morgan fingerprint density at radius 2 is 1.71 bits per heavy atom. The fraction of sp³-hybridized carbons (Fsp3) is 0.133. The van der Waals surface area contributed by atoms with E-state index in [4.69, 9.17) is 11.8 Å². The lowest BCUT2D eigenvalue weighted by molar-refractivity contribution is -0.169. The Balaban J connectivity index is 2.01. The monoisotopic (exact) mass is 311 g/mol. The number of carbonyl (C=O) groups excluding carboxylic acids is 1. The minimum absolute atomic E-state index is 0.00875. The molecule has 1 aliphatic rings. The van der Waals surface area contributed by atoms with E-state index < -0.39 is 12.1 Å². The highest BCUT2D eigenvalue weighted by atomic mass is 35.5. The zero-order chi connectivity index (χ0) is 15.2. The minimum Gasteiger partial charge on any atom is -0.263 e. The molecule has 0 radical (unpaired) electrons. The number of benzene rings is 2. The number of hydrogen-bond donors (Lipinski definition) is 0. The molecule has 21 heavy (non-hydrogen) atoms. The quantitative estimate of drug-likeness (QED) is 0.613. The van der Waals surface area contributed by atoms with Gasteiger partial charge >= 0.3 is 12.1 Å². The van der Waals surface area contributed by atoms with Gasteiger partial charge in [0.15, 0.2) is 0 Å². The summed E-state index contributed by atoms with van der Waals surface area (Å²) in [6, 6.07) is 12.3. The number of alkyl halides is 3. The minimum atomic E-state index is -5.00. The Kier molecular flexibility index (Phi) is 3.17. The molecule has 0 heterocycles. The van der Waals surface area contributed by atoms with Crippen LogP contribution in [0.2, 0.25) is 0 Å². The number of halogens is 4. The topological polar surface area (TPSA) is 20.3 Å². The van der Waals surface area contributed by atoms with Crippen molar-refractivity contribution in [2.24, 2.45) is 0 Å². The summed E-state index contributed by atoms with van der Waals surface area (Å²) in [5, 5.41) is 0. The highest BCUT2D eigenvalue weighted by molar-refractivity contribution is 6.37. The standard InChI is InChI=1S/C15H9ClF3NO/c16-20(14(21)15(17,18)19)11-6-5-10-7-9-3-1-2-4-12(9)13(10)8-11/h1-6,8H,7H2. The van der Waals surface area contributed by atoms with Crippen LogP contribution in [-0.4, -0.2) is 12.1 Å². The Bertz CT molecular complexity index is 727. The molecule has 0 bridgehead atoms. The highest BCUT2D eigenvalue weighted by Gasteiger charge is 2.43. The van der Waals surface area contributed by atoms with E-state index in [9.17, 15) is 18.0 Å². The molecular weight excluding hydrogens is 303 g/mol. The van der Waals surface area contributed by atoms with Crippen LogP contribution < -0.4 is 4.42 Å². The molecule has 2 nitrogen and oxygen atoms in total. The van der Waals surface area contributed by atoms with Gasteiger partial charge in [0.05, 0.1) is 5.69 Å². The molecule has 0 N–H and O–H groups in total. The van der Waals surface area contributed by atoms with Gasteiger partial charge in [-0.3, -0.25) is 4.79 Å². The largest absolute Gasteiger partial charge is 0.473 e. The molecule has 1 aliphatic carbocycles. The van der Waals surface area contributed by atoms with E-state index in [1.54, 1.807) is 6.07 Å². The Morgan fingerprint density at radius 3 is 2.43 bits per heavy atom. The van der Waals surface area contributed by atoms with Crippen molar-refractivity contribution < 1.29 is 18.0 Å². The predicted octanol–water partition coefficient (Wildman–Crippen LogP) is 4.31. The van der Waals surface area contributed by atoms with Crippen molar-refractivity contribution >= 4 is 23.4 Å². The lowest BCUT2D eigenvalue weighted by Crippen LogP contribution is -2.35. The van der Waals surface area contributed by atoms with Gasteiger partial charge < -0.3 is 0 Å². The zero-order valence-corrected chi connectivity index (χ0v) is 11.4. The van der Waals surface area contributed by atoms with E-state index in [0.717, 1.165) is 28.7 Å². The van der Waals surface area contributed by atoms with Crippen LogP contribution in [0.25, 0.3) is 11.1 Å². The summed E-state index contributed by atoms with van der Waals surface area (Å²) in [6.07, 6.45) is -4.28. The van der Waals surface area contributed by atoms with Crippen LogP contribution >= 0.6 is 11.8 Å². The number of hydrogen-bond acceptors (Lipinski definition) is 1. The summed E-state index contributed by atoms with van der Waals surface area (Å²) >= 11 is 5.53. The second kappa shape index (κ2) is 4.77. The molecule has 0 spiro atoms. The normalized spacial score (nSPS) is 12.8. The third-order valence-corrected chi connectivity index (χ3v) is 3.78. The van der Waals surface area contributed by atoms with Crippen molar-refractivity contribution in [2.45, 2.75) is 12.6 Å². The van der Waals surface area contributed by atoms with Crippen LogP contribution in [0.3, 0.4) is 0 Å². The van der Waals surface area contributed by atoms with Crippen LogP contribution in [-0.2, 0) is 11.2 Å². The van der Waals surface area contributed by atoms with Crippen molar-refractivity contribution in [3.8, 4) is 11.1 Å². The van der Waals surface area contributed by atoms with E-state index in [1.807, 2.05) is 24.3 Å². The van der Waals surface area contributed by atoms with Gasteiger partial charge in [-0.1, -0.05) is 30.3 Å². The third kappa shape index (κ3) is 2.38. The summed E-state index contributed by atoms with van der Waals surface area (Å²) in [6.45, 7) is 0. The first-order valence-corrected chi connectivity index (χ1v) is 6.50. The van der Waals surface area contributed by atoms with Gasteiger partial charge in [0.25, 0.3) is 0 Å². The van der Waals surface area contributed by atoms with Crippen molar-refractivity contribution in [2.75, 3.05) is 4.42 Å². The average Bonchev–Trinajstić information content (AvgIpc) is 2.82. The zero-order valence-electron chi connectivity index (χ0n) is 10.6.